The Hall–Kier alpha value is -15.1. The molecular weight excluding hydrogens is 1650 g/mol. The summed E-state index contributed by atoms with van der Waals surface area (Å²) in [7, 11) is 3.67. The fourth-order valence-electron chi connectivity index (χ4n) is 16.8. The Labute approximate surface area is 741 Å². The van der Waals surface area contributed by atoms with E-state index in [0.29, 0.717) is 34.2 Å². The van der Waals surface area contributed by atoms with Gasteiger partial charge in [0, 0.05) is 144 Å². The lowest BCUT2D eigenvalue weighted by Crippen LogP contribution is -2.44. The third-order valence-electron chi connectivity index (χ3n) is 23.8. The van der Waals surface area contributed by atoms with Crippen LogP contribution in [0.25, 0.3) is 24.3 Å². The predicted molar refractivity (Wildman–Crippen MR) is 490 cm³/mol. The quantitative estimate of drug-likeness (QED) is 0.0141. The molecule has 672 valence electrons. The number of rotatable bonds is 30. The number of carbonyl (C=O) groups excluding carboxylic acids is 4. The van der Waals surface area contributed by atoms with Gasteiger partial charge >= 0.3 is 46.6 Å². The minimum atomic E-state index is -1.03. The highest BCUT2D eigenvalue weighted by Gasteiger charge is 2.44. The molecule has 4 aromatic carbocycles. The van der Waals surface area contributed by atoms with Gasteiger partial charge in [0.05, 0.1) is 49.0 Å². The summed E-state index contributed by atoms with van der Waals surface area (Å²) in [5, 5.41) is 49.2. The zero-order chi connectivity index (χ0) is 94.1. The number of para-hydroxylation sites is 4. The molecule has 4 aliphatic heterocycles. The highest BCUT2D eigenvalue weighted by molar-refractivity contribution is 5.88. The minimum absolute atomic E-state index is 0.0539. The minimum Gasteiger partial charge on any atom is -0.494 e. The first-order chi connectivity index (χ1) is 60.9. The van der Waals surface area contributed by atoms with Crippen LogP contribution in [0.3, 0.4) is 0 Å². The Morgan fingerprint density at radius 1 is 0.318 bits per heavy atom. The van der Waals surface area contributed by atoms with Gasteiger partial charge in [0.2, 0.25) is 23.5 Å². The third kappa shape index (κ3) is 17.6. The average molecular weight is 1760 g/mol. The first kappa shape index (κ1) is 93.1. The number of benzene rings is 4. The van der Waals surface area contributed by atoms with Crippen molar-refractivity contribution in [2.24, 2.45) is 0 Å². The van der Waals surface area contributed by atoms with Crippen LogP contribution in [0.15, 0.2) is 230 Å². The van der Waals surface area contributed by atoms with Crippen molar-refractivity contribution in [3.8, 4) is 23.5 Å². The van der Waals surface area contributed by atoms with E-state index in [4.69, 9.17) is 18.9 Å². The van der Waals surface area contributed by atoms with Crippen LogP contribution in [0.4, 0.5) is 22.7 Å². The fourth-order valence-corrected chi connectivity index (χ4v) is 16.8. The molecule has 0 aliphatic carbocycles. The van der Waals surface area contributed by atoms with Crippen molar-refractivity contribution in [1.29, 1.82) is 0 Å². The molecule has 0 fully saturated rings. The van der Waals surface area contributed by atoms with Gasteiger partial charge in [-0.15, -0.1) is 0 Å². The van der Waals surface area contributed by atoms with Gasteiger partial charge < -0.3 is 59.0 Å². The summed E-state index contributed by atoms with van der Waals surface area (Å²) < 4.78 is 27.9. The van der Waals surface area contributed by atoms with Crippen molar-refractivity contribution in [2.75, 3.05) is 73.2 Å². The van der Waals surface area contributed by atoms with E-state index in [0.717, 1.165) is 70.2 Å². The van der Waals surface area contributed by atoms with Crippen LogP contribution in [0.1, 0.15) is 134 Å². The van der Waals surface area contributed by atoms with E-state index in [-0.39, 0.29) is 66.0 Å². The fraction of sp³-hybridized carbons (Fsp3) is 0.340. The number of aromatic hydroxyl groups is 4. The molecule has 0 saturated heterocycles. The summed E-state index contributed by atoms with van der Waals surface area (Å²) in [6, 6.07) is 29.8. The molecule has 0 spiro atoms. The smallest absolute Gasteiger partial charge is 0.334 e. The van der Waals surface area contributed by atoms with Crippen molar-refractivity contribution < 1.29 is 58.6 Å². The molecule has 32 nitrogen and oxygen atoms in total. The van der Waals surface area contributed by atoms with Gasteiger partial charge in [0.1, 0.15) is 48.7 Å². The molecular formula is C97H104N12O20. The highest BCUT2D eigenvalue weighted by atomic mass is 16.5. The number of fused-ring (bicyclic) bond motifs is 4. The maximum atomic E-state index is 15.6. The molecule has 0 radical (unpaired) electrons. The molecule has 0 unspecified atom stereocenters. The van der Waals surface area contributed by atoms with Crippen LogP contribution in [0, 0.1) is 0 Å². The third-order valence-corrected chi connectivity index (χ3v) is 23.8. The number of esters is 4. The van der Waals surface area contributed by atoms with Crippen molar-refractivity contribution in [1.82, 2.24) is 36.5 Å². The second kappa shape index (κ2) is 36.8. The number of anilines is 4. The lowest BCUT2D eigenvalue weighted by Gasteiger charge is -2.26. The van der Waals surface area contributed by atoms with Gasteiger partial charge in [-0.2, -0.15) is 0 Å². The van der Waals surface area contributed by atoms with Crippen LogP contribution in [0.5, 0.6) is 23.5 Å². The van der Waals surface area contributed by atoms with Crippen molar-refractivity contribution in [2.45, 2.75) is 164 Å². The van der Waals surface area contributed by atoms with Crippen LogP contribution in [-0.4, -0.2) is 134 Å². The van der Waals surface area contributed by atoms with Gasteiger partial charge in [-0.3, -0.25) is 55.7 Å². The zero-order valence-corrected chi connectivity index (χ0v) is 74.7. The lowest BCUT2D eigenvalue weighted by atomic mass is 9.84. The van der Waals surface area contributed by atoms with Crippen LogP contribution < -0.4 is 64.6 Å². The molecule has 0 bridgehead atoms. The van der Waals surface area contributed by atoms with Crippen LogP contribution >= 0.6 is 0 Å². The van der Waals surface area contributed by atoms with E-state index in [1.165, 1.54) is 52.0 Å². The Morgan fingerprint density at radius 2 is 0.535 bits per heavy atom. The summed E-state index contributed by atoms with van der Waals surface area (Å²) in [5.41, 5.74) is 8.25. The second-order valence-electron chi connectivity index (χ2n) is 34.1. The Bertz CT molecular complexity index is 6500. The highest BCUT2D eigenvalue weighted by Crippen LogP contribution is 2.51. The largest absolute Gasteiger partial charge is 0.494 e. The van der Waals surface area contributed by atoms with Gasteiger partial charge in [0.15, 0.2) is 0 Å². The van der Waals surface area contributed by atoms with Gasteiger partial charge in [-0.05, 0) is 136 Å². The Balaban J connectivity index is 0.967. The Morgan fingerprint density at radius 3 is 0.798 bits per heavy atom. The van der Waals surface area contributed by atoms with E-state index in [1.807, 2.05) is 152 Å². The van der Waals surface area contributed by atoms with Crippen molar-refractivity contribution in [3.05, 3.63) is 319 Å². The predicted octanol–water partition coefficient (Wildman–Crippen LogP) is 9.21. The van der Waals surface area contributed by atoms with Gasteiger partial charge in [-0.1, -0.05) is 122 Å². The molecule has 4 N–H and O–H groups in total. The molecule has 0 saturated carbocycles. The van der Waals surface area contributed by atoms with E-state index in [1.54, 1.807) is 34.1 Å². The number of carbonyl (C=O) groups is 4. The molecule has 129 heavy (non-hydrogen) atoms. The Kier molecular flexibility index (Phi) is 26.6. The van der Waals surface area contributed by atoms with Crippen LogP contribution in [-0.2, 0) is 112 Å². The number of allylic oxidation sites excluding steroid dienone is 4. The first-order valence-electron chi connectivity index (χ1n) is 41.8. The lowest BCUT2D eigenvalue weighted by molar-refractivity contribution is -0.140. The van der Waals surface area contributed by atoms with Gasteiger partial charge in [0.25, 0.3) is 22.2 Å². The molecule has 8 heterocycles. The van der Waals surface area contributed by atoms with Crippen molar-refractivity contribution in [3.63, 3.8) is 0 Å². The number of hydrogen-bond donors (Lipinski definition) is 4. The summed E-state index contributed by atoms with van der Waals surface area (Å²) in [4.78, 5) is 177. The maximum Gasteiger partial charge on any atom is 0.334 e. The molecule has 0 amide bonds. The number of nitrogens with zero attached hydrogens (tertiary/aromatic N) is 12. The molecule has 0 atom stereocenters. The number of hydrogen-bond acceptors (Lipinski definition) is 24. The van der Waals surface area contributed by atoms with E-state index < -0.39 is 191 Å². The normalized spacial score (nSPS) is 14.4. The van der Waals surface area contributed by atoms with Crippen LogP contribution in [0.2, 0.25) is 0 Å². The topological polar surface area (TPSA) is 375 Å². The molecule has 4 aliphatic rings. The van der Waals surface area contributed by atoms with E-state index in [2.05, 4.69) is 49.2 Å². The SMILES string of the molecule is C=C(C)C(=O)OCCn1c(O)c(C=C=C2N(CCn3c(O)c(C=C=C4N(C)c5ccccc5C4(C)C)c(=O)n(CCCn4c(=O)c(C=C=C5N(C)c6ccccc6C5(C)C)c(O)n(CCN5C(=C=Cc6c(O)n(CCOC(=O)C(=C)C)c(=O)n(CCOC(=O)C(=C)C)c6=O)C(C)(C)c6ccccc65)c4=O)c3=O)c3ccccc3C2(C)C)c(=O)n(CCOC(=O)C(=C)C)c1=O. The summed E-state index contributed by atoms with van der Waals surface area (Å²) in [6.45, 7) is 29.6. The summed E-state index contributed by atoms with van der Waals surface area (Å²) in [6.07, 6.45) is 4.66. The van der Waals surface area contributed by atoms with Crippen molar-refractivity contribution >= 4 is 70.9 Å². The molecule has 4 aromatic heterocycles. The standard InChI is InChI=1S/C97H104N12O20/c1-58(2)86(118)126-54-50-106-82(114)64(83(115)107(92(106)124)51-55-127-87(119)59(3)4)38-42-76-96(13,14)68-30-21-25-34-72(68)100(76)46-48-104-80(112)62(36-40-74-94(9,10)66-28-19-23-32-70(66)98(74)17)78(110)102(90(104)122)44-27-45-103-79(111)63(37-41-75-95(11,12)67-29-20-24-33-71(67)99(75)18)81(113)105(91(103)123)49-47-101-73-35-26-22-31-69(73)97(15,16)77(101)43-39-65-84(116)108(52-56-128-88(120)60(5)6)93(125)109(85(65)117)53-57-129-89(121)61(7)8/h19-26,28-39,112-114,116H,1,3,5,7,27,44-57H2,2,4,6,8-18H3. The second-order valence-corrected chi connectivity index (χ2v) is 34.1. The first-order valence-corrected chi connectivity index (χ1v) is 41.8. The monoisotopic (exact) mass is 1760 g/mol. The van der Waals surface area contributed by atoms with E-state index in [9.17, 15) is 58.8 Å². The molecule has 12 rings (SSSR count). The molecule has 8 aromatic rings. The van der Waals surface area contributed by atoms with Gasteiger partial charge in [-0.25, -0.2) is 38.4 Å². The number of aromatic nitrogens is 8. The number of likely N-dealkylation sites (N-methyl/N-ethyl adjacent to an activating group) is 2. The summed E-state index contributed by atoms with van der Waals surface area (Å²) in [5.74, 6) is -6.31. The van der Waals surface area contributed by atoms with E-state index >= 15 is 19.2 Å². The maximum absolute atomic E-state index is 15.6. The zero-order valence-electron chi connectivity index (χ0n) is 74.7. The summed E-state index contributed by atoms with van der Waals surface area (Å²) >= 11 is 0. The molecule has 32 heteroatoms. The number of ether oxygens (including phenoxy) is 4. The average Bonchev–Trinajstić information content (AvgIpc) is 1.57.